The fraction of sp³-hybridized carbons (Fsp3) is 0.429. The van der Waals surface area contributed by atoms with Crippen molar-refractivity contribution in [1.29, 1.82) is 0 Å². The van der Waals surface area contributed by atoms with Gasteiger partial charge in [0.1, 0.15) is 0 Å². The number of aryl methyl sites for hydroxylation is 1. The van der Waals surface area contributed by atoms with E-state index in [0.29, 0.717) is 5.95 Å². The van der Waals surface area contributed by atoms with Crippen LogP contribution < -0.4 is 10.6 Å². The lowest BCUT2D eigenvalue weighted by Gasteiger charge is -2.10. The van der Waals surface area contributed by atoms with E-state index < -0.39 is 0 Å². The predicted octanol–water partition coefficient (Wildman–Crippen LogP) is 1.60. The van der Waals surface area contributed by atoms with Crippen LogP contribution in [0, 0.1) is 5.92 Å². The first-order valence-electron chi connectivity index (χ1n) is 6.76. The largest absolute Gasteiger partial charge is 0.316 e. The van der Waals surface area contributed by atoms with E-state index in [-0.39, 0.29) is 11.8 Å². The number of nitrogens with one attached hydrogen (secondary N) is 2. The Hall–Kier alpha value is -1.88. The third-order valence-electron chi connectivity index (χ3n) is 3.64. The van der Waals surface area contributed by atoms with E-state index in [1.54, 1.807) is 0 Å². The second-order valence-electron chi connectivity index (χ2n) is 4.85. The highest BCUT2D eigenvalue weighted by Crippen LogP contribution is 2.20. The van der Waals surface area contributed by atoms with Crippen molar-refractivity contribution < 1.29 is 4.79 Å². The quantitative estimate of drug-likeness (QED) is 0.879. The molecule has 2 heterocycles. The first kappa shape index (κ1) is 12.2. The van der Waals surface area contributed by atoms with Crippen LogP contribution in [-0.2, 0) is 11.3 Å². The lowest BCUT2D eigenvalue weighted by molar-refractivity contribution is -0.119. The van der Waals surface area contributed by atoms with Gasteiger partial charge in [-0.15, -0.1) is 0 Å². The van der Waals surface area contributed by atoms with Crippen molar-refractivity contribution in [2.45, 2.75) is 19.9 Å². The molecule has 0 spiro atoms. The molecular formula is C14H18N4O. The monoisotopic (exact) mass is 258 g/mol. The van der Waals surface area contributed by atoms with Crippen LogP contribution >= 0.6 is 0 Å². The van der Waals surface area contributed by atoms with Gasteiger partial charge in [-0.3, -0.25) is 10.1 Å². The minimum absolute atomic E-state index is 0.0603. The molecule has 3 rings (SSSR count). The van der Waals surface area contributed by atoms with Crippen molar-refractivity contribution in [2.75, 3.05) is 18.4 Å². The summed E-state index contributed by atoms with van der Waals surface area (Å²) in [6.45, 7) is 4.53. The summed E-state index contributed by atoms with van der Waals surface area (Å²) < 4.78 is 2.04. The number of imidazole rings is 1. The SMILES string of the molecule is CCn1c(NC(=O)C2CCNC2)nc2ccccc21. The summed E-state index contributed by atoms with van der Waals surface area (Å²) in [6.07, 6.45) is 0.901. The van der Waals surface area contributed by atoms with Crippen molar-refractivity contribution in [3.63, 3.8) is 0 Å². The molecule has 1 unspecified atom stereocenters. The molecule has 1 atom stereocenters. The first-order chi connectivity index (χ1) is 9.29. The zero-order chi connectivity index (χ0) is 13.2. The lowest BCUT2D eigenvalue weighted by atomic mass is 10.1. The van der Waals surface area contributed by atoms with E-state index >= 15 is 0 Å². The van der Waals surface area contributed by atoms with Gasteiger partial charge in [-0.2, -0.15) is 0 Å². The van der Waals surface area contributed by atoms with Crippen LogP contribution in [-0.4, -0.2) is 28.5 Å². The van der Waals surface area contributed by atoms with Gasteiger partial charge in [0, 0.05) is 13.1 Å². The number of hydrogen-bond donors (Lipinski definition) is 2. The van der Waals surface area contributed by atoms with E-state index in [0.717, 1.165) is 37.1 Å². The number of carbonyl (C=O) groups excluding carboxylic acids is 1. The fourth-order valence-corrected chi connectivity index (χ4v) is 2.58. The summed E-state index contributed by atoms with van der Waals surface area (Å²) in [5.74, 6) is 0.778. The number of benzene rings is 1. The van der Waals surface area contributed by atoms with E-state index in [2.05, 4.69) is 22.5 Å². The molecule has 1 aromatic carbocycles. The molecule has 0 aliphatic carbocycles. The Balaban J connectivity index is 1.89. The molecule has 19 heavy (non-hydrogen) atoms. The van der Waals surface area contributed by atoms with E-state index in [1.807, 2.05) is 28.8 Å². The van der Waals surface area contributed by atoms with Gasteiger partial charge in [0.15, 0.2) is 0 Å². The molecular weight excluding hydrogens is 240 g/mol. The van der Waals surface area contributed by atoms with Crippen LogP contribution in [0.2, 0.25) is 0 Å². The van der Waals surface area contributed by atoms with Crippen LogP contribution in [0.1, 0.15) is 13.3 Å². The van der Waals surface area contributed by atoms with Gasteiger partial charge < -0.3 is 9.88 Å². The second kappa shape index (κ2) is 5.01. The Morgan fingerprint density at radius 3 is 3.11 bits per heavy atom. The number of fused-ring (bicyclic) bond motifs is 1. The van der Waals surface area contributed by atoms with Gasteiger partial charge in [0.05, 0.1) is 17.0 Å². The summed E-state index contributed by atoms with van der Waals surface area (Å²) in [6, 6.07) is 7.94. The number of amides is 1. The Bertz CT molecular complexity index is 599. The fourth-order valence-electron chi connectivity index (χ4n) is 2.58. The van der Waals surface area contributed by atoms with Gasteiger partial charge in [-0.05, 0) is 32.0 Å². The maximum Gasteiger partial charge on any atom is 0.231 e. The smallest absolute Gasteiger partial charge is 0.231 e. The number of carbonyl (C=O) groups is 1. The van der Waals surface area contributed by atoms with E-state index in [4.69, 9.17) is 0 Å². The van der Waals surface area contributed by atoms with Crippen molar-refractivity contribution in [3.8, 4) is 0 Å². The minimum atomic E-state index is 0.0603. The number of anilines is 1. The molecule has 0 saturated carbocycles. The zero-order valence-corrected chi connectivity index (χ0v) is 11.0. The Morgan fingerprint density at radius 2 is 2.37 bits per heavy atom. The average Bonchev–Trinajstić information content (AvgIpc) is 3.05. The topological polar surface area (TPSA) is 59.0 Å². The molecule has 1 aromatic heterocycles. The maximum atomic E-state index is 12.2. The minimum Gasteiger partial charge on any atom is -0.316 e. The Kier molecular flexibility index (Phi) is 3.21. The highest BCUT2D eigenvalue weighted by molar-refractivity contribution is 5.93. The summed E-state index contributed by atoms with van der Waals surface area (Å²) in [7, 11) is 0. The maximum absolute atomic E-state index is 12.2. The zero-order valence-electron chi connectivity index (χ0n) is 11.0. The highest BCUT2D eigenvalue weighted by Gasteiger charge is 2.23. The van der Waals surface area contributed by atoms with Gasteiger partial charge in [0.2, 0.25) is 11.9 Å². The molecule has 0 radical (unpaired) electrons. The molecule has 1 aliphatic rings. The summed E-state index contributed by atoms with van der Waals surface area (Å²) in [5.41, 5.74) is 1.98. The molecule has 1 aliphatic heterocycles. The van der Waals surface area contributed by atoms with Crippen LogP contribution in [0.4, 0.5) is 5.95 Å². The van der Waals surface area contributed by atoms with Crippen LogP contribution in [0.25, 0.3) is 11.0 Å². The number of aromatic nitrogens is 2. The third kappa shape index (κ3) is 2.21. The molecule has 5 heteroatoms. The standard InChI is InChI=1S/C14H18N4O/c1-2-18-12-6-4-3-5-11(12)16-14(18)17-13(19)10-7-8-15-9-10/h3-6,10,15H,2,7-9H2,1H3,(H,16,17,19). The number of rotatable bonds is 3. The third-order valence-corrected chi connectivity index (χ3v) is 3.64. The van der Waals surface area contributed by atoms with Crippen LogP contribution in [0.3, 0.4) is 0 Å². The van der Waals surface area contributed by atoms with Crippen LogP contribution in [0.5, 0.6) is 0 Å². The highest BCUT2D eigenvalue weighted by atomic mass is 16.2. The van der Waals surface area contributed by atoms with Gasteiger partial charge in [-0.1, -0.05) is 12.1 Å². The van der Waals surface area contributed by atoms with Crippen LogP contribution in [0.15, 0.2) is 24.3 Å². The van der Waals surface area contributed by atoms with Crippen molar-refractivity contribution >= 4 is 22.9 Å². The summed E-state index contributed by atoms with van der Waals surface area (Å²) >= 11 is 0. The van der Waals surface area contributed by atoms with Crippen molar-refractivity contribution in [1.82, 2.24) is 14.9 Å². The molecule has 100 valence electrons. The molecule has 5 nitrogen and oxygen atoms in total. The van der Waals surface area contributed by atoms with E-state index in [9.17, 15) is 4.79 Å². The molecule has 1 amide bonds. The molecule has 2 N–H and O–H groups in total. The van der Waals surface area contributed by atoms with E-state index in [1.165, 1.54) is 0 Å². The number of hydrogen-bond acceptors (Lipinski definition) is 3. The molecule has 1 saturated heterocycles. The van der Waals surface area contributed by atoms with Gasteiger partial charge in [0.25, 0.3) is 0 Å². The summed E-state index contributed by atoms with van der Waals surface area (Å²) in [4.78, 5) is 16.7. The van der Waals surface area contributed by atoms with Crippen molar-refractivity contribution in [3.05, 3.63) is 24.3 Å². The van der Waals surface area contributed by atoms with Gasteiger partial charge >= 0.3 is 0 Å². The number of para-hydroxylation sites is 2. The van der Waals surface area contributed by atoms with Crippen molar-refractivity contribution in [2.24, 2.45) is 5.92 Å². The molecule has 1 fully saturated rings. The first-order valence-corrected chi connectivity index (χ1v) is 6.76. The summed E-state index contributed by atoms with van der Waals surface area (Å²) in [5, 5.41) is 6.17. The normalized spacial score (nSPS) is 18.9. The predicted molar refractivity (Wildman–Crippen MR) is 75.0 cm³/mol. The second-order valence-corrected chi connectivity index (χ2v) is 4.85. The van der Waals surface area contributed by atoms with Gasteiger partial charge in [-0.25, -0.2) is 4.98 Å². The molecule has 0 bridgehead atoms. The Labute approximate surface area is 112 Å². The average molecular weight is 258 g/mol. The number of nitrogens with zero attached hydrogens (tertiary/aromatic N) is 2. The molecule has 2 aromatic rings. The lowest BCUT2D eigenvalue weighted by Crippen LogP contribution is -2.26. The Morgan fingerprint density at radius 1 is 1.53 bits per heavy atom.